The summed E-state index contributed by atoms with van der Waals surface area (Å²) in [6.45, 7) is -3.03. The number of rotatable bonds is 7. The molecule has 202 valence electrons. The molecule has 0 atom stereocenters. The van der Waals surface area contributed by atoms with Gasteiger partial charge in [-0.25, -0.2) is 8.42 Å². The molecule has 0 spiro atoms. The average molecular weight is 555 g/mol. The van der Waals surface area contributed by atoms with E-state index in [0.29, 0.717) is 16.6 Å². The third-order valence-corrected chi connectivity index (χ3v) is 8.89. The van der Waals surface area contributed by atoms with Crippen molar-refractivity contribution in [1.82, 2.24) is 14.3 Å². The van der Waals surface area contributed by atoms with Crippen LogP contribution in [0.3, 0.4) is 0 Å². The molecule has 0 saturated heterocycles. The van der Waals surface area contributed by atoms with Crippen LogP contribution >= 0.6 is 0 Å². The summed E-state index contributed by atoms with van der Waals surface area (Å²) in [4.78, 5) is 3.80. The number of hydrogen-bond donors (Lipinski definition) is 1. The minimum Gasteiger partial charge on any atom is -0.435 e. The lowest BCUT2D eigenvalue weighted by atomic mass is 9.77. The Hall–Kier alpha value is -3.24. The SMILES string of the molecule is N#Cc1c(-c2ccc(S(=O)(=O)NC3(C(F)(F)F)CCC3)cn2)n(C2CCCC2)c2cc(OC(F)F)ccc12. The number of sulfonamides is 1. The first-order chi connectivity index (χ1) is 18.0. The molecule has 2 aromatic heterocycles. The molecule has 0 radical (unpaired) electrons. The zero-order valence-electron chi connectivity index (χ0n) is 19.9. The van der Waals surface area contributed by atoms with Gasteiger partial charge in [-0.2, -0.15) is 31.9 Å². The van der Waals surface area contributed by atoms with Crippen molar-refractivity contribution in [3.05, 3.63) is 42.1 Å². The van der Waals surface area contributed by atoms with Crippen molar-refractivity contribution in [3.8, 4) is 23.2 Å². The number of nitrogens with zero attached hydrogens (tertiary/aromatic N) is 3. The highest BCUT2D eigenvalue weighted by Crippen LogP contribution is 2.46. The molecule has 7 nitrogen and oxygen atoms in total. The molecule has 3 aromatic rings. The maximum Gasteiger partial charge on any atom is 0.407 e. The van der Waals surface area contributed by atoms with Crippen molar-refractivity contribution >= 4 is 20.9 Å². The lowest BCUT2D eigenvalue weighted by Crippen LogP contribution is -2.62. The van der Waals surface area contributed by atoms with Crippen LogP contribution in [0.5, 0.6) is 5.75 Å². The van der Waals surface area contributed by atoms with Gasteiger partial charge < -0.3 is 9.30 Å². The summed E-state index contributed by atoms with van der Waals surface area (Å²) in [6, 6.07) is 8.85. The molecule has 0 aliphatic heterocycles. The summed E-state index contributed by atoms with van der Waals surface area (Å²) in [5.41, 5.74) is -1.16. The maximum absolute atomic E-state index is 13.5. The fraction of sp³-hybridized carbons (Fsp3) is 0.440. The van der Waals surface area contributed by atoms with E-state index < -0.39 is 33.2 Å². The third-order valence-electron chi connectivity index (χ3n) is 7.37. The summed E-state index contributed by atoms with van der Waals surface area (Å²) in [7, 11) is -4.54. The second-order valence-corrected chi connectivity index (χ2v) is 11.3. The summed E-state index contributed by atoms with van der Waals surface area (Å²) in [6.07, 6.45) is -0.795. The Bertz CT molecular complexity index is 1500. The number of ether oxygens (including phenoxy) is 1. The largest absolute Gasteiger partial charge is 0.435 e. The molecule has 38 heavy (non-hydrogen) atoms. The van der Waals surface area contributed by atoms with Gasteiger partial charge in [-0.3, -0.25) is 4.98 Å². The van der Waals surface area contributed by atoms with Crippen LogP contribution in [0.4, 0.5) is 22.0 Å². The number of alkyl halides is 5. The van der Waals surface area contributed by atoms with Crippen LogP contribution in [-0.4, -0.2) is 36.3 Å². The maximum atomic E-state index is 13.5. The Balaban J connectivity index is 1.58. The molecule has 2 heterocycles. The molecule has 1 N–H and O–H groups in total. The van der Waals surface area contributed by atoms with Crippen LogP contribution in [0.1, 0.15) is 56.6 Å². The quantitative estimate of drug-likeness (QED) is 0.359. The number of nitrogens with one attached hydrogen (secondary N) is 1. The molecule has 0 bridgehead atoms. The van der Waals surface area contributed by atoms with Gasteiger partial charge in [0.1, 0.15) is 22.3 Å². The Labute approximate surface area is 215 Å². The fourth-order valence-corrected chi connectivity index (χ4v) is 6.73. The van der Waals surface area contributed by atoms with Gasteiger partial charge in [0.15, 0.2) is 0 Å². The first-order valence-corrected chi connectivity index (χ1v) is 13.5. The Kier molecular flexibility index (Phi) is 6.59. The summed E-state index contributed by atoms with van der Waals surface area (Å²) in [5.74, 6) is -0.0738. The second-order valence-electron chi connectivity index (χ2n) is 9.62. The number of fused-ring (bicyclic) bond motifs is 1. The number of nitriles is 1. The monoisotopic (exact) mass is 554 g/mol. The highest BCUT2D eigenvalue weighted by molar-refractivity contribution is 7.89. The van der Waals surface area contributed by atoms with Crippen molar-refractivity contribution in [2.45, 2.75) is 74.2 Å². The molecule has 2 aliphatic rings. The second kappa shape index (κ2) is 9.50. The Morgan fingerprint density at radius 1 is 1.13 bits per heavy atom. The number of benzene rings is 1. The minimum absolute atomic E-state index is 0.0615. The molecule has 2 saturated carbocycles. The van der Waals surface area contributed by atoms with Crippen molar-refractivity contribution in [3.63, 3.8) is 0 Å². The van der Waals surface area contributed by atoms with Crippen molar-refractivity contribution in [1.29, 1.82) is 5.26 Å². The molecule has 1 aromatic carbocycles. The lowest BCUT2D eigenvalue weighted by Gasteiger charge is -2.43. The van der Waals surface area contributed by atoms with E-state index >= 15 is 0 Å². The van der Waals surface area contributed by atoms with E-state index in [2.05, 4.69) is 15.8 Å². The van der Waals surface area contributed by atoms with Crippen LogP contribution in [0.15, 0.2) is 41.4 Å². The van der Waals surface area contributed by atoms with Crippen LogP contribution in [0, 0.1) is 11.3 Å². The molecule has 5 rings (SSSR count). The first-order valence-electron chi connectivity index (χ1n) is 12.1. The predicted octanol–water partition coefficient (Wildman–Crippen LogP) is 6.05. The normalized spacial score (nSPS) is 18.0. The average Bonchev–Trinajstić information content (AvgIpc) is 3.46. The van der Waals surface area contributed by atoms with E-state index in [1.165, 1.54) is 24.3 Å². The van der Waals surface area contributed by atoms with Gasteiger partial charge in [0.05, 0.1) is 22.5 Å². The van der Waals surface area contributed by atoms with E-state index in [1.807, 2.05) is 9.29 Å². The minimum atomic E-state index is -4.73. The third kappa shape index (κ3) is 4.49. The zero-order chi connectivity index (χ0) is 27.3. The van der Waals surface area contributed by atoms with Gasteiger partial charge in [-0.1, -0.05) is 12.8 Å². The number of hydrogen-bond acceptors (Lipinski definition) is 5. The molecule has 2 fully saturated rings. The van der Waals surface area contributed by atoms with Crippen molar-refractivity contribution in [2.24, 2.45) is 0 Å². The Morgan fingerprint density at radius 3 is 2.37 bits per heavy atom. The lowest BCUT2D eigenvalue weighted by molar-refractivity contribution is -0.212. The van der Waals surface area contributed by atoms with E-state index in [9.17, 15) is 35.6 Å². The van der Waals surface area contributed by atoms with Crippen LogP contribution in [0.25, 0.3) is 22.3 Å². The highest BCUT2D eigenvalue weighted by Gasteiger charge is 2.60. The van der Waals surface area contributed by atoms with Gasteiger partial charge in [-0.05, 0) is 56.4 Å². The van der Waals surface area contributed by atoms with Crippen LogP contribution in [-0.2, 0) is 10.0 Å². The Morgan fingerprint density at radius 2 is 1.84 bits per heavy atom. The molecule has 0 unspecified atom stereocenters. The van der Waals surface area contributed by atoms with E-state index in [0.717, 1.165) is 37.9 Å². The molecule has 2 aliphatic carbocycles. The molecule has 0 amide bonds. The standard InChI is InChI=1S/C25H23F5N4O3S/c26-23(27)37-16-6-8-18-19(13-31)22(34(21(18)12-16)15-4-1-2-5-15)20-9-7-17(14-32-20)38(35,36)33-24(10-3-11-24)25(28,29)30/h6-9,12,14-15,23,33H,1-5,10-11H2. The molecule has 13 heteroatoms. The predicted molar refractivity (Wildman–Crippen MR) is 127 cm³/mol. The van der Waals surface area contributed by atoms with Gasteiger partial charge in [0.25, 0.3) is 0 Å². The smallest absolute Gasteiger partial charge is 0.407 e. The van der Waals surface area contributed by atoms with Gasteiger partial charge in [0, 0.05) is 23.7 Å². The van der Waals surface area contributed by atoms with E-state index in [1.54, 1.807) is 0 Å². The van der Waals surface area contributed by atoms with Crippen LogP contribution < -0.4 is 9.46 Å². The fourth-order valence-electron chi connectivity index (χ4n) is 5.34. The summed E-state index contributed by atoms with van der Waals surface area (Å²) in [5, 5.41) is 10.5. The van der Waals surface area contributed by atoms with Gasteiger partial charge >= 0.3 is 12.8 Å². The molecular weight excluding hydrogens is 531 g/mol. The topological polar surface area (TPSA) is 97.0 Å². The summed E-state index contributed by atoms with van der Waals surface area (Å²) < 4.78 is 100. The first kappa shape index (κ1) is 26.4. The van der Waals surface area contributed by atoms with E-state index in [4.69, 9.17) is 0 Å². The van der Waals surface area contributed by atoms with E-state index in [-0.39, 0.29) is 42.3 Å². The number of aromatic nitrogens is 2. The van der Waals surface area contributed by atoms with Gasteiger partial charge in [-0.15, -0.1) is 0 Å². The van der Waals surface area contributed by atoms with Gasteiger partial charge in [0.2, 0.25) is 10.0 Å². The van der Waals surface area contributed by atoms with Crippen molar-refractivity contribution in [2.75, 3.05) is 0 Å². The summed E-state index contributed by atoms with van der Waals surface area (Å²) >= 11 is 0. The number of pyridine rings is 1. The number of halogens is 5. The zero-order valence-corrected chi connectivity index (χ0v) is 20.7. The molecular formula is C25H23F5N4O3S. The van der Waals surface area contributed by atoms with Crippen LogP contribution in [0.2, 0.25) is 0 Å². The van der Waals surface area contributed by atoms with Crippen molar-refractivity contribution < 1.29 is 35.1 Å². The highest BCUT2D eigenvalue weighted by atomic mass is 32.2.